The van der Waals surface area contributed by atoms with Gasteiger partial charge in [0.15, 0.2) is 0 Å². The number of anilines is 1. The number of sulfonamides is 1. The van der Waals surface area contributed by atoms with Gasteiger partial charge in [-0.2, -0.15) is 0 Å². The van der Waals surface area contributed by atoms with Crippen LogP contribution in [0.5, 0.6) is 5.75 Å². The Labute approximate surface area is 172 Å². The predicted molar refractivity (Wildman–Crippen MR) is 110 cm³/mol. The second kappa shape index (κ2) is 10.5. The first-order valence-electron chi connectivity index (χ1n) is 9.82. The van der Waals surface area contributed by atoms with Gasteiger partial charge in [0.05, 0.1) is 31.6 Å². The molecule has 9 heteroatoms. The van der Waals surface area contributed by atoms with Crippen LogP contribution < -0.4 is 9.04 Å². The van der Waals surface area contributed by atoms with Crippen molar-refractivity contribution in [2.75, 3.05) is 43.9 Å². The molecule has 1 fully saturated rings. The molecule has 0 aromatic heterocycles. The highest BCUT2D eigenvalue weighted by Crippen LogP contribution is 2.23. The van der Waals surface area contributed by atoms with E-state index in [1.54, 1.807) is 29.2 Å². The number of benzene rings is 1. The number of hydrogen-bond acceptors (Lipinski definition) is 6. The second-order valence-electron chi connectivity index (χ2n) is 7.04. The van der Waals surface area contributed by atoms with Crippen LogP contribution in [0, 0.1) is 5.92 Å². The fourth-order valence-corrected chi connectivity index (χ4v) is 4.39. The molecule has 0 radical (unpaired) electrons. The van der Waals surface area contributed by atoms with Crippen molar-refractivity contribution in [1.29, 1.82) is 0 Å². The van der Waals surface area contributed by atoms with Gasteiger partial charge < -0.3 is 14.4 Å². The molecule has 2 rings (SSSR count). The first kappa shape index (κ1) is 23.0. The van der Waals surface area contributed by atoms with Crippen LogP contribution in [0.15, 0.2) is 24.3 Å². The molecule has 1 aromatic carbocycles. The standard InChI is InChI=1S/C20H30N2O6S/c1-4-28-18-9-7-17(8-10-18)22(29(3,25)26)13-5-6-19(23)21-14-11-16(12-15-21)20(24)27-2/h7-10,16H,4-6,11-15H2,1-3H3. The van der Waals surface area contributed by atoms with Crippen LogP contribution >= 0.6 is 0 Å². The molecule has 0 spiro atoms. The fourth-order valence-electron chi connectivity index (χ4n) is 3.42. The van der Waals surface area contributed by atoms with Gasteiger partial charge in [-0.1, -0.05) is 0 Å². The van der Waals surface area contributed by atoms with Gasteiger partial charge in [0.2, 0.25) is 15.9 Å². The molecule has 0 bridgehead atoms. The molecule has 1 heterocycles. The van der Waals surface area contributed by atoms with Gasteiger partial charge in [-0.3, -0.25) is 13.9 Å². The monoisotopic (exact) mass is 426 g/mol. The summed E-state index contributed by atoms with van der Waals surface area (Å²) >= 11 is 0. The minimum absolute atomic E-state index is 0.0199. The molecule has 0 unspecified atom stereocenters. The summed E-state index contributed by atoms with van der Waals surface area (Å²) in [4.78, 5) is 25.8. The second-order valence-corrected chi connectivity index (χ2v) is 8.95. The van der Waals surface area contributed by atoms with E-state index in [9.17, 15) is 18.0 Å². The lowest BCUT2D eigenvalue weighted by Gasteiger charge is -2.31. The van der Waals surface area contributed by atoms with E-state index in [0.29, 0.717) is 50.4 Å². The van der Waals surface area contributed by atoms with Crippen LogP contribution in [-0.4, -0.2) is 64.8 Å². The van der Waals surface area contributed by atoms with Crippen LogP contribution in [0.25, 0.3) is 0 Å². The number of piperidine rings is 1. The number of esters is 1. The summed E-state index contributed by atoms with van der Waals surface area (Å²) in [7, 11) is -2.10. The molecule has 0 atom stereocenters. The lowest BCUT2D eigenvalue weighted by atomic mass is 9.97. The van der Waals surface area contributed by atoms with E-state index < -0.39 is 10.0 Å². The average molecular weight is 427 g/mol. The van der Waals surface area contributed by atoms with E-state index >= 15 is 0 Å². The summed E-state index contributed by atoms with van der Waals surface area (Å²) in [6, 6.07) is 6.86. The molecular weight excluding hydrogens is 396 g/mol. The number of nitrogens with zero attached hydrogens (tertiary/aromatic N) is 2. The molecule has 29 heavy (non-hydrogen) atoms. The van der Waals surface area contributed by atoms with Crippen molar-refractivity contribution < 1.29 is 27.5 Å². The van der Waals surface area contributed by atoms with Crippen LogP contribution in [0.1, 0.15) is 32.6 Å². The van der Waals surface area contributed by atoms with Crippen molar-refractivity contribution in [3.8, 4) is 5.75 Å². The Bertz CT molecular complexity index is 786. The average Bonchev–Trinajstić information content (AvgIpc) is 2.70. The molecule has 8 nitrogen and oxygen atoms in total. The number of carbonyl (C=O) groups is 2. The molecule has 1 aliphatic heterocycles. The van der Waals surface area contributed by atoms with Crippen LogP contribution in [0.2, 0.25) is 0 Å². The third-order valence-corrected chi connectivity index (χ3v) is 6.16. The zero-order valence-corrected chi connectivity index (χ0v) is 18.1. The predicted octanol–water partition coefficient (Wildman–Crippen LogP) is 2.04. The largest absolute Gasteiger partial charge is 0.494 e. The Morgan fingerprint density at radius 2 is 1.79 bits per heavy atom. The van der Waals surface area contributed by atoms with Gasteiger partial charge >= 0.3 is 5.97 Å². The fraction of sp³-hybridized carbons (Fsp3) is 0.600. The van der Waals surface area contributed by atoms with Crippen molar-refractivity contribution in [2.45, 2.75) is 32.6 Å². The van der Waals surface area contributed by atoms with E-state index in [1.807, 2.05) is 6.92 Å². The number of hydrogen-bond donors (Lipinski definition) is 0. The van der Waals surface area contributed by atoms with E-state index in [-0.39, 0.29) is 30.8 Å². The first-order chi connectivity index (χ1) is 13.8. The third kappa shape index (κ3) is 6.62. The summed E-state index contributed by atoms with van der Waals surface area (Å²) in [6.45, 7) is 3.68. The van der Waals surface area contributed by atoms with E-state index in [1.165, 1.54) is 11.4 Å². The van der Waals surface area contributed by atoms with Crippen molar-refractivity contribution in [2.24, 2.45) is 5.92 Å². The highest BCUT2D eigenvalue weighted by atomic mass is 32.2. The SMILES string of the molecule is CCOc1ccc(N(CCCC(=O)N2CCC(C(=O)OC)CC2)S(C)(=O)=O)cc1. The molecule has 0 saturated carbocycles. The Morgan fingerprint density at radius 1 is 1.17 bits per heavy atom. The lowest BCUT2D eigenvalue weighted by Crippen LogP contribution is -2.40. The maximum Gasteiger partial charge on any atom is 0.308 e. The zero-order valence-electron chi connectivity index (χ0n) is 17.3. The van der Waals surface area contributed by atoms with Gasteiger partial charge in [-0.15, -0.1) is 0 Å². The van der Waals surface area contributed by atoms with Crippen molar-refractivity contribution in [3.63, 3.8) is 0 Å². The molecule has 1 aliphatic rings. The highest BCUT2D eigenvalue weighted by Gasteiger charge is 2.28. The van der Waals surface area contributed by atoms with Gasteiger partial charge in [-0.25, -0.2) is 8.42 Å². The van der Waals surface area contributed by atoms with Gasteiger partial charge in [0.25, 0.3) is 0 Å². The van der Waals surface area contributed by atoms with Crippen molar-refractivity contribution in [3.05, 3.63) is 24.3 Å². The Hall–Kier alpha value is -2.29. The van der Waals surface area contributed by atoms with E-state index in [2.05, 4.69) is 0 Å². The number of ether oxygens (including phenoxy) is 2. The van der Waals surface area contributed by atoms with E-state index in [0.717, 1.165) is 6.26 Å². The summed E-state index contributed by atoms with van der Waals surface area (Å²) in [5.74, 6) is 0.282. The number of amides is 1. The molecule has 1 saturated heterocycles. The summed E-state index contributed by atoms with van der Waals surface area (Å²) < 4.78 is 35.9. The quantitative estimate of drug-likeness (QED) is 0.561. The first-order valence-corrected chi connectivity index (χ1v) is 11.7. The highest BCUT2D eigenvalue weighted by molar-refractivity contribution is 7.92. The molecule has 162 valence electrons. The number of carbonyl (C=O) groups excluding carboxylic acids is 2. The van der Waals surface area contributed by atoms with Crippen molar-refractivity contribution >= 4 is 27.6 Å². The third-order valence-electron chi connectivity index (χ3n) is 4.97. The number of rotatable bonds is 9. The van der Waals surface area contributed by atoms with Crippen molar-refractivity contribution in [1.82, 2.24) is 4.90 Å². The minimum atomic E-state index is -3.47. The number of likely N-dealkylation sites (tertiary alicyclic amines) is 1. The minimum Gasteiger partial charge on any atom is -0.494 e. The lowest BCUT2D eigenvalue weighted by molar-refractivity contribution is -0.148. The summed E-state index contributed by atoms with van der Waals surface area (Å²) in [6.07, 6.45) is 3.02. The Kier molecular flexibility index (Phi) is 8.31. The maximum atomic E-state index is 12.5. The Balaban J connectivity index is 1.88. The van der Waals surface area contributed by atoms with Crippen LogP contribution in [0.4, 0.5) is 5.69 Å². The summed E-state index contributed by atoms with van der Waals surface area (Å²) in [5, 5.41) is 0. The Morgan fingerprint density at radius 3 is 2.31 bits per heavy atom. The molecule has 0 aliphatic carbocycles. The zero-order chi connectivity index (χ0) is 21.4. The van der Waals surface area contributed by atoms with Crippen LogP contribution in [0.3, 0.4) is 0 Å². The van der Waals surface area contributed by atoms with E-state index in [4.69, 9.17) is 9.47 Å². The number of methoxy groups -OCH3 is 1. The summed E-state index contributed by atoms with van der Waals surface area (Å²) in [5.41, 5.74) is 0.544. The van der Waals surface area contributed by atoms with Gasteiger partial charge in [0.1, 0.15) is 5.75 Å². The topological polar surface area (TPSA) is 93.2 Å². The normalized spacial score (nSPS) is 15.1. The van der Waals surface area contributed by atoms with Gasteiger partial charge in [-0.05, 0) is 50.5 Å². The molecular formula is C20H30N2O6S. The maximum absolute atomic E-state index is 12.5. The van der Waals surface area contributed by atoms with Gasteiger partial charge in [0, 0.05) is 26.1 Å². The smallest absolute Gasteiger partial charge is 0.308 e. The molecule has 1 amide bonds. The molecule has 1 aromatic rings. The molecule has 0 N–H and O–H groups in total. The van der Waals surface area contributed by atoms with Crippen LogP contribution in [-0.2, 0) is 24.3 Å².